The third-order valence-electron chi connectivity index (χ3n) is 4.75. The summed E-state index contributed by atoms with van der Waals surface area (Å²) in [5.74, 6) is -0.135. The van der Waals surface area contributed by atoms with E-state index >= 15 is 0 Å². The van der Waals surface area contributed by atoms with Gasteiger partial charge in [-0.3, -0.25) is 19.8 Å². The number of nitrogens with zero attached hydrogens (tertiary/aromatic N) is 3. The third kappa shape index (κ3) is 3.91. The Morgan fingerprint density at radius 2 is 2.04 bits per heavy atom. The van der Waals surface area contributed by atoms with Gasteiger partial charge in [-0.1, -0.05) is 6.07 Å². The van der Waals surface area contributed by atoms with Gasteiger partial charge < -0.3 is 9.64 Å². The largest absolute Gasteiger partial charge is 0.374 e. The number of nitro benzene ring substituents is 1. The molecule has 0 spiro atoms. The minimum atomic E-state index is -0.475. The molecule has 2 saturated heterocycles. The molecular formula is C17H23N3O4. The zero-order valence-corrected chi connectivity index (χ0v) is 13.9. The van der Waals surface area contributed by atoms with E-state index < -0.39 is 4.92 Å². The highest BCUT2D eigenvalue weighted by Crippen LogP contribution is 2.21. The molecule has 3 rings (SSSR count). The van der Waals surface area contributed by atoms with Crippen molar-refractivity contribution in [3.8, 4) is 0 Å². The summed E-state index contributed by atoms with van der Waals surface area (Å²) in [4.78, 5) is 27.0. The van der Waals surface area contributed by atoms with E-state index in [1.165, 1.54) is 12.1 Å². The van der Waals surface area contributed by atoms with Gasteiger partial charge in [0.25, 0.3) is 11.6 Å². The van der Waals surface area contributed by atoms with Gasteiger partial charge in [-0.05, 0) is 25.8 Å². The lowest BCUT2D eigenvalue weighted by Crippen LogP contribution is -2.50. The number of hydrogen-bond donors (Lipinski definition) is 0. The van der Waals surface area contributed by atoms with Crippen molar-refractivity contribution in [2.75, 3.05) is 32.7 Å². The predicted octanol–water partition coefficient (Wildman–Crippen LogP) is 1.92. The van der Waals surface area contributed by atoms with Crippen LogP contribution >= 0.6 is 0 Å². The van der Waals surface area contributed by atoms with Gasteiger partial charge >= 0.3 is 0 Å². The minimum absolute atomic E-state index is 0.0491. The molecule has 0 bridgehead atoms. The molecule has 24 heavy (non-hydrogen) atoms. The van der Waals surface area contributed by atoms with Crippen LogP contribution in [0.25, 0.3) is 0 Å². The quantitative estimate of drug-likeness (QED) is 0.621. The summed E-state index contributed by atoms with van der Waals surface area (Å²) in [6, 6.07) is 5.94. The maximum Gasteiger partial charge on any atom is 0.270 e. The zero-order valence-electron chi connectivity index (χ0n) is 13.9. The number of nitro groups is 1. The summed E-state index contributed by atoms with van der Waals surface area (Å²) in [5.41, 5.74) is 0.331. The first-order chi connectivity index (χ1) is 11.5. The minimum Gasteiger partial charge on any atom is -0.374 e. The van der Waals surface area contributed by atoms with Crippen LogP contribution in [0.1, 0.15) is 30.1 Å². The summed E-state index contributed by atoms with van der Waals surface area (Å²) in [7, 11) is 0. The van der Waals surface area contributed by atoms with Crippen molar-refractivity contribution in [1.82, 2.24) is 9.80 Å². The van der Waals surface area contributed by atoms with Crippen LogP contribution in [0.15, 0.2) is 24.3 Å². The Labute approximate surface area is 141 Å². The number of rotatable bonds is 4. The van der Waals surface area contributed by atoms with Crippen LogP contribution in [-0.4, -0.2) is 65.6 Å². The molecule has 2 heterocycles. The van der Waals surface area contributed by atoms with E-state index in [4.69, 9.17) is 4.74 Å². The van der Waals surface area contributed by atoms with Crippen molar-refractivity contribution in [1.29, 1.82) is 0 Å². The molecule has 2 atom stereocenters. The summed E-state index contributed by atoms with van der Waals surface area (Å²) < 4.78 is 5.86. The second kappa shape index (κ2) is 7.27. The van der Waals surface area contributed by atoms with E-state index in [0.717, 1.165) is 32.5 Å². The Balaban J connectivity index is 1.53. The van der Waals surface area contributed by atoms with E-state index in [0.29, 0.717) is 30.9 Å². The van der Waals surface area contributed by atoms with Crippen LogP contribution < -0.4 is 0 Å². The molecule has 2 aliphatic heterocycles. The molecule has 2 unspecified atom stereocenters. The van der Waals surface area contributed by atoms with E-state index in [2.05, 4.69) is 11.8 Å². The Bertz CT molecular complexity index is 614. The summed E-state index contributed by atoms with van der Waals surface area (Å²) >= 11 is 0. The SMILES string of the molecule is CC1CCC(CN2CCN(C(=O)c3cccc([N+](=O)[O-])c3)CC2)O1. The topological polar surface area (TPSA) is 75.9 Å². The van der Waals surface area contributed by atoms with Gasteiger partial charge in [0, 0.05) is 50.4 Å². The molecule has 0 saturated carbocycles. The third-order valence-corrected chi connectivity index (χ3v) is 4.75. The van der Waals surface area contributed by atoms with Crippen molar-refractivity contribution < 1.29 is 14.5 Å². The number of amides is 1. The molecule has 1 aromatic carbocycles. The average molecular weight is 333 g/mol. The van der Waals surface area contributed by atoms with Crippen molar-refractivity contribution in [3.05, 3.63) is 39.9 Å². The van der Waals surface area contributed by atoms with Crippen LogP contribution in [-0.2, 0) is 4.74 Å². The second-order valence-electron chi connectivity index (χ2n) is 6.55. The predicted molar refractivity (Wildman–Crippen MR) is 89.0 cm³/mol. The van der Waals surface area contributed by atoms with E-state index in [1.807, 2.05) is 0 Å². The normalized spacial score (nSPS) is 25.0. The van der Waals surface area contributed by atoms with Gasteiger partial charge in [0.15, 0.2) is 0 Å². The molecule has 0 aliphatic carbocycles. The standard InChI is InChI=1S/C17H23N3O4/c1-13-5-6-16(24-13)12-18-7-9-19(10-8-18)17(21)14-3-2-4-15(11-14)20(22)23/h2-4,11,13,16H,5-10,12H2,1H3. The molecule has 7 heteroatoms. The Morgan fingerprint density at radius 3 is 2.67 bits per heavy atom. The maximum atomic E-state index is 12.5. The van der Waals surface area contributed by atoms with Crippen LogP contribution in [0.3, 0.4) is 0 Å². The molecular weight excluding hydrogens is 310 g/mol. The summed E-state index contributed by atoms with van der Waals surface area (Å²) in [6.45, 7) is 5.94. The second-order valence-corrected chi connectivity index (χ2v) is 6.55. The van der Waals surface area contributed by atoms with Gasteiger partial charge in [-0.15, -0.1) is 0 Å². The fraction of sp³-hybridized carbons (Fsp3) is 0.588. The summed E-state index contributed by atoms with van der Waals surface area (Å²) in [5, 5.41) is 10.8. The first-order valence-electron chi connectivity index (χ1n) is 8.44. The fourth-order valence-corrected chi connectivity index (χ4v) is 3.38. The van der Waals surface area contributed by atoms with Crippen molar-refractivity contribution in [3.63, 3.8) is 0 Å². The number of carbonyl (C=O) groups is 1. The van der Waals surface area contributed by atoms with Crippen molar-refractivity contribution in [2.45, 2.75) is 32.0 Å². The molecule has 2 fully saturated rings. The molecule has 1 aromatic rings. The van der Waals surface area contributed by atoms with Gasteiger partial charge in [-0.25, -0.2) is 0 Å². The van der Waals surface area contributed by atoms with Gasteiger partial charge in [-0.2, -0.15) is 0 Å². The van der Waals surface area contributed by atoms with E-state index in [-0.39, 0.29) is 11.6 Å². The molecule has 130 valence electrons. The highest BCUT2D eigenvalue weighted by Gasteiger charge is 2.27. The molecule has 0 aromatic heterocycles. The van der Waals surface area contributed by atoms with Crippen molar-refractivity contribution >= 4 is 11.6 Å². The monoisotopic (exact) mass is 333 g/mol. The summed E-state index contributed by atoms with van der Waals surface area (Å²) in [6.07, 6.45) is 2.88. The zero-order chi connectivity index (χ0) is 17.1. The number of benzene rings is 1. The first-order valence-corrected chi connectivity index (χ1v) is 8.44. The Morgan fingerprint density at radius 1 is 1.29 bits per heavy atom. The average Bonchev–Trinajstić information content (AvgIpc) is 3.00. The van der Waals surface area contributed by atoms with Crippen LogP contribution in [0.4, 0.5) is 5.69 Å². The van der Waals surface area contributed by atoms with Crippen LogP contribution in [0.2, 0.25) is 0 Å². The van der Waals surface area contributed by atoms with Gasteiger partial charge in [0.2, 0.25) is 0 Å². The Hall–Kier alpha value is -1.99. The van der Waals surface area contributed by atoms with Crippen LogP contribution in [0, 0.1) is 10.1 Å². The van der Waals surface area contributed by atoms with Gasteiger partial charge in [0.05, 0.1) is 17.1 Å². The maximum absolute atomic E-state index is 12.5. The molecule has 7 nitrogen and oxygen atoms in total. The number of non-ortho nitro benzene ring substituents is 1. The molecule has 2 aliphatic rings. The lowest BCUT2D eigenvalue weighted by Gasteiger charge is -2.35. The first kappa shape index (κ1) is 16.9. The number of piperazine rings is 1. The fourth-order valence-electron chi connectivity index (χ4n) is 3.38. The highest BCUT2D eigenvalue weighted by atomic mass is 16.6. The molecule has 0 N–H and O–H groups in total. The number of carbonyl (C=O) groups excluding carboxylic acids is 1. The van der Waals surface area contributed by atoms with Crippen LogP contribution in [0.5, 0.6) is 0 Å². The van der Waals surface area contributed by atoms with E-state index in [9.17, 15) is 14.9 Å². The number of hydrogen-bond acceptors (Lipinski definition) is 5. The molecule has 1 amide bonds. The smallest absolute Gasteiger partial charge is 0.270 e. The van der Waals surface area contributed by atoms with E-state index in [1.54, 1.807) is 17.0 Å². The Kier molecular flexibility index (Phi) is 5.11. The molecule has 0 radical (unpaired) electrons. The number of ether oxygens (including phenoxy) is 1. The highest BCUT2D eigenvalue weighted by molar-refractivity contribution is 5.94. The van der Waals surface area contributed by atoms with Gasteiger partial charge in [0.1, 0.15) is 0 Å². The lowest BCUT2D eigenvalue weighted by molar-refractivity contribution is -0.384. The lowest BCUT2D eigenvalue weighted by atomic mass is 10.1. The van der Waals surface area contributed by atoms with Crippen molar-refractivity contribution in [2.24, 2.45) is 0 Å².